The number of hydrogen-bond donors (Lipinski definition) is 1. The molecule has 178 valence electrons. The lowest BCUT2D eigenvalue weighted by molar-refractivity contribution is -0.118. The van der Waals surface area contributed by atoms with Crippen LogP contribution in [0.1, 0.15) is 19.4 Å². The number of benzene rings is 2. The summed E-state index contributed by atoms with van der Waals surface area (Å²) in [6, 6.07) is 18.1. The SMILES string of the molecule is CCN(CC)CCn1c(SCC(=O)NCCc2ccccc2)nc2c(sc3ccccc32)c1=O. The van der Waals surface area contributed by atoms with Crippen LogP contribution in [0.15, 0.2) is 64.5 Å². The summed E-state index contributed by atoms with van der Waals surface area (Å²) in [5.41, 5.74) is 1.90. The number of likely N-dealkylation sites (N-methyl/N-ethyl adjacent to an activating group) is 1. The molecular weight excluding hydrogens is 464 g/mol. The summed E-state index contributed by atoms with van der Waals surface area (Å²) in [4.78, 5) is 33.2. The Bertz CT molecular complexity index is 1310. The zero-order chi connectivity index (χ0) is 23.9. The smallest absolute Gasteiger partial charge is 0.272 e. The molecule has 0 aliphatic heterocycles. The zero-order valence-electron chi connectivity index (χ0n) is 19.6. The second-order valence-corrected chi connectivity index (χ2v) is 10.0. The molecule has 0 spiro atoms. The number of carbonyl (C=O) groups is 1. The molecule has 2 heterocycles. The molecule has 0 bridgehead atoms. The van der Waals surface area contributed by atoms with Crippen molar-refractivity contribution in [2.75, 3.05) is 31.9 Å². The van der Waals surface area contributed by atoms with Crippen molar-refractivity contribution in [3.05, 3.63) is 70.5 Å². The van der Waals surface area contributed by atoms with Crippen molar-refractivity contribution in [1.29, 1.82) is 0 Å². The normalized spacial score (nSPS) is 11.5. The number of rotatable bonds is 11. The number of amides is 1. The van der Waals surface area contributed by atoms with Crippen LogP contribution in [0.5, 0.6) is 0 Å². The largest absolute Gasteiger partial charge is 0.355 e. The average molecular weight is 495 g/mol. The van der Waals surface area contributed by atoms with Gasteiger partial charge in [-0.05, 0) is 31.1 Å². The maximum Gasteiger partial charge on any atom is 0.272 e. The van der Waals surface area contributed by atoms with E-state index in [-0.39, 0.29) is 17.2 Å². The van der Waals surface area contributed by atoms with Gasteiger partial charge in [-0.1, -0.05) is 74.1 Å². The van der Waals surface area contributed by atoms with Crippen LogP contribution < -0.4 is 10.9 Å². The fourth-order valence-electron chi connectivity index (χ4n) is 3.91. The first-order valence-electron chi connectivity index (χ1n) is 11.7. The van der Waals surface area contributed by atoms with Gasteiger partial charge in [-0.2, -0.15) is 0 Å². The van der Waals surface area contributed by atoms with Gasteiger partial charge >= 0.3 is 0 Å². The second-order valence-electron chi connectivity index (χ2n) is 8.03. The molecule has 34 heavy (non-hydrogen) atoms. The van der Waals surface area contributed by atoms with Crippen LogP contribution in [0.4, 0.5) is 0 Å². The third-order valence-corrected chi connectivity index (χ3v) is 8.02. The molecule has 0 atom stereocenters. The minimum Gasteiger partial charge on any atom is -0.355 e. The Morgan fingerprint density at radius 2 is 1.82 bits per heavy atom. The van der Waals surface area contributed by atoms with E-state index in [1.54, 1.807) is 4.57 Å². The predicted octanol–water partition coefficient (Wildman–Crippen LogP) is 4.40. The summed E-state index contributed by atoms with van der Waals surface area (Å²) in [7, 11) is 0. The molecule has 0 radical (unpaired) electrons. The highest BCUT2D eigenvalue weighted by Crippen LogP contribution is 2.31. The van der Waals surface area contributed by atoms with E-state index >= 15 is 0 Å². The Morgan fingerprint density at radius 3 is 2.59 bits per heavy atom. The Balaban J connectivity index is 1.53. The van der Waals surface area contributed by atoms with Crippen molar-refractivity contribution in [2.45, 2.75) is 32.0 Å². The number of thiophene rings is 1. The third kappa shape index (κ3) is 5.68. The molecule has 8 heteroatoms. The van der Waals surface area contributed by atoms with Gasteiger partial charge in [0.2, 0.25) is 5.91 Å². The summed E-state index contributed by atoms with van der Waals surface area (Å²) in [5, 5.41) is 4.58. The van der Waals surface area contributed by atoms with E-state index in [2.05, 4.69) is 36.2 Å². The topological polar surface area (TPSA) is 67.2 Å². The molecule has 6 nitrogen and oxygen atoms in total. The summed E-state index contributed by atoms with van der Waals surface area (Å²) < 4.78 is 3.48. The molecule has 0 aliphatic carbocycles. The van der Waals surface area contributed by atoms with Gasteiger partial charge in [-0.15, -0.1) is 11.3 Å². The molecular formula is C26H30N4O2S2. The average Bonchev–Trinajstić information content (AvgIpc) is 3.24. The molecule has 1 amide bonds. The van der Waals surface area contributed by atoms with Crippen molar-refractivity contribution in [1.82, 2.24) is 19.8 Å². The van der Waals surface area contributed by atoms with E-state index in [9.17, 15) is 9.59 Å². The van der Waals surface area contributed by atoms with Gasteiger partial charge in [0.05, 0.1) is 11.3 Å². The van der Waals surface area contributed by atoms with Crippen molar-refractivity contribution in [2.24, 2.45) is 0 Å². The number of nitrogens with one attached hydrogen (secondary N) is 1. The van der Waals surface area contributed by atoms with Gasteiger partial charge in [0.1, 0.15) is 4.70 Å². The highest BCUT2D eigenvalue weighted by atomic mass is 32.2. The van der Waals surface area contributed by atoms with E-state index < -0.39 is 0 Å². The Hall–Kier alpha value is -2.68. The van der Waals surface area contributed by atoms with E-state index in [1.807, 2.05) is 42.5 Å². The molecule has 2 aromatic carbocycles. The highest BCUT2D eigenvalue weighted by Gasteiger charge is 2.17. The molecule has 4 rings (SSSR count). The number of carbonyl (C=O) groups excluding carboxylic acids is 1. The minimum atomic E-state index is -0.0549. The van der Waals surface area contributed by atoms with Crippen molar-refractivity contribution in [3.8, 4) is 0 Å². The van der Waals surface area contributed by atoms with Crippen LogP contribution in [0.2, 0.25) is 0 Å². The number of thioether (sulfide) groups is 1. The fraction of sp³-hybridized carbons (Fsp3) is 0.346. The molecule has 0 aliphatic rings. The number of aromatic nitrogens is 2. The van der Waals surface area contributed by atoms with Crippen molar-refractivity contribution in [3.63, 3.8) is 0 Å². The van der Waals surface area contributed by atoms with Gasteiger partial charge in [0.25, 0.3) is 5.56 Å². The van der Waals surface area contributed by atoms with Gasteiger partial charge < -0.3 is 10.2 Å². The second kappa shape index (κ2) is 11.6. The van der Waals surface area contributed by atoms with Crippen LogP contribution in [0, 0.1) is 0 Å². The van der Waals surface area contributed by atoms with Crippen LogP contribution in [0.3, 0.4) is 0 Å². The lowest BCUT2D eigenvalue weighted by atomic mass is 10.1. The van der Waals surface area contributed by atoms with Gasteiger partial charge in [-0.3, -0.25) is 14.2 Å². The maximum absolute atomic E-state index is 13.5. The molecule has 4 aromatic rings. The minimum absolute atomic E-state index is 0.0228. The van der Waals surface area contributed by atoms with E-state index in [0.29, 0.717) is 22.9 Å². The van der Waals surface area contributed by atoms with Crippen LogP contribution in [0.25, 0.3) is 20.3 Å². The molecule has 0 unspecified atom stereocenters. The molecule has 0 fully saturated rings. The van der Waals surface area contributed by atoms with Crippen molar-refractivity contribution < 1.29 is 4.79 Å². The molecule has 0 saturated carbocycles. The maximum atomic E-state index is 13.5. The van der Waals surface area contributed by atoms with E-state index in [1.165, 1.54) is 28.7 Å². The zero-order valence-corrected chi connectivity index (χ0v) is 21.3. The first-order chi connectivity index (χ1) is 16.6. The summed E-state index contributed by atoms with van der Waals surface area (Å²) in [5.74, 6) is 0.167. The number of nitrogens with zero attached hydrogens (tertiary/aromatic N) is 3. The predicted molar refractivity (Wildman–Crippen MR) is 143 cm³/mol. The number of hydrogen-bond acceptors (Lipinski definition) is 6. The van der Waals surface area contributed by atoms with E-state index in [0.717, 1.165) is 41.7 Å². The fourth-order valence-corrected chi connectivity index (χ4v) is 5.85. The van der Waals surface area contributed by atoms with Crippen LogP contribution >= 0.6 is 23.1 Å². The van der Waals surface area contributed by atoms with Crippen LogP contribution in [-0.4, -0.2) is 52.3 Å². The first kappa shape index (κ1) is 24.4. The third-order valence-electron chi connectivity index (χ3n) is 5.89. The standard InChI is InChI=1S/C26H30N4O2S2/c1-3-29(4-2)16-17-30-25(32)24-23(20-12-8-9-13-21(20)34-24)28-26(30)33-18-22(31)27-15-14-19-10-6-5-7-11-19/h5-13H,3-4,14-18H2,1-2H3,(H,27,31). The Morgan fingerprint density at radius 1 is 1.09 bits per heavy atom. The van der Waals surface area contributed by atoms with Crippen molar-refractivity contribution >= 4 is 49.3 Å². The Labute approximate surface area is 208 Å². The van der Waals surface area contributed by atoms with Gasteiger partial charge in [-0.25, -0.2) is 4.98 Å². The lowest BCUT2D eigenvalue weighted by Gasteiger charge is -2.19. The molecule has 1 N–H and O–H groups in total. The first-order valence-corrected chi connectivity index (χ1v) is 13.5. The van der Waals surface area contributed by atoms with Gasteiger partial charge in [0, 0.05) is 29.7 Å². The number of fused-ring (bicyclic) bond motifs is 3. The lowest BCUT2D eigenvalue weighted by Crippen LogP contribution is -2.32. The molecule has 2 aromatic heterocycles. The summed E-state index contributed by atoms with van der Waals surface area (Å²) in [6.45, 7) is 7.99. The summed E-state index contributed by atoms with van der Waals surface area (Å²) >= 11 is 2.83. The van der Waals surface area contributed by atoms with Gasteiger partial charge in [0.15, 0.2) is 5.16 Å². The quantitative estimate of drug-likeness (QED) is 0.247. The summed E-state index contributed by atoms with van der Waals surface area (Å²) in [6.07, 6.45) is 0.789. The van der Waals surface area contributed by atoms with Crippen LogP contribution in [-0.2, 0) is 17.8 Å². The molecule has 0 saturated heterocycles. The van der Waals surface area contributed by atoms with E-state index in [4.69, 9.17) is 4.98 Å². The highest BCUT2D eigenvalue weighted by molar-refractivity contribution is 7.99. The monoisotopic (exact) mass is 494 g/mol. The Kier molecular flexibility index (Phi) is 8.37.